The lowest BCUT2D eigenvalue weighted by Gasteiger charge is -2.03. The highest BCUT2D eigenvalue weighted by Crippen LogP contribution is 1.88. The summed E-state index contributed by atoms with van der Waals surface area (Å²) >= 11 is 0. The third-order valence-corrected chi connectivity index (χ3v) is 2.17. The number of amides is 1. The standard InChI is InChI=1S/C10H11N5O2/c16-9-1-2-11-7-8(9)10(17)12-3-5-15-6-4-13-14-15/h1-2,4,6-7H,3,5H2,(H,11,16)(H,12,17). The Bertz CT molecular complexity index is 546. The maximum atomic E-state index is 11.6. The lowest BCUT2D eigenvalue weighted by atomic mass is 10.2. The molecule has 0 bridgehead atoms. The molecule has 2 aromatic heterocycles. The van der Waals surface area contributed by atoms with E-state index in [9.17, 15) is 9.59 Å². The number of pyridine rings is 1. The molecule has 7 nitrogen and oxygen atoms in total. The second-order valence-corrected chi connectivity index (χ2v) is 3.34. The van der Waals surface area contributed by atoms with Gasteiger partial charge in [0.15, 0.2) is 5.43 Å². The molecule has 0 aliphatic carbocycles. The van der Waals surface area contributed by atoms with E-state index < -0.39 is 5.91 Å². The fraction of sp³-hybridized carbons (Fsp3) is 0.200. The van der Waals surface area contributed by atoms with Gasteiger partial charge in [-0.1, -0.05) is 5.21 Å². The number of aromatic amines is 1. The zero-order valence-corrected chi connectivity index (χ0v) is 8.96. The van der Waals surface area contributed by atoms with E-state index in [0.717, 1.165) is 0 Å². The molecular formula is C10H11N5O2. The van der Waals surface area contributed by atoms with Crippen LogP contribution in [0, 0.1) is 0 Å². The van der Waals surface area contributed by atoms with Crippen molar-refractivity contribution in [3.05, 3.63) is 46.6 Å². The molecule has 0 saturated carbocycles. The van der Waals surface area contributed by atoms with Gasteiger partial charge in [-0.15, -0.1) is 5.10 Å². The van der Waals surface area contributed by atoms with E-state index in [4.69, 9.17) is 0 Å². The number of nitrogens with one attached hydrogen (secondary N) is 2. The first-order valence-corrected chi connectivity index (χ1v) is 5.07. The Balaban J connectivity index is 1.90. The molecule has 7 heteroatoms. The van der Waals surface area contributed by atoms with Crippen LogP contribution in [-0.2, 0) is 6.54 Å². The van der Waals surface area contributed by atoms with Crippen molar-refractivity contribution in [3.8, 4) is 0 Å². The highest BCUT2D eigenvalue weighted by molar-refractivity contribution is 5.93. The maximum Gasteiger partial charge on any atom is 0.256 e. The van der Waals surface area contributed by atoms with E-state index in [1.807, 2.05) is 0 Å². The normalized spacial score (nSPS) is 10.1. The largest absolute Gasteiger partial charge is 0.367 e. The minimum absolute atomic E-state index is 0.103. The van der Waals surface area contributed by atoms with Gasteiger partial charge in [-0.2, -0.15) is 0 Å². The van der Waals surface area contributed by atoms with Crippen LogP contribution in [0.2, 0.25) is 0 Å². The van der Waals surface area contributed by atoms with E-state index >= 15 is 0 Å². The molecule has 0 radical (unpaired) electrons. The van der Waals surface area contributed by atoms with Crippen LogP contribution in [0.1, 0.15) is 10.4 Å². The second-order valence-electron chi connectivity index (χ2n) is 3.34. The summed E-state index contributed by atoms with van der Waals surface area (Å²) in [5, 5.41) is 10.0. The smallest absolute Gasteiger partial charge is 0.256 e. The zero-order valence-electron chi connectivity index (χ0n) is 8.96. The van der Waals surface area contributed by atoms with Crippen LogP contribution in [0.4, 0.5) is 0 Å². The molecule has 2 N–H and O–H groups in total. The van der Waals surface area contributed by atoms with Crippen molar-refractivity contribution in [1.29, 1.82) is 0 Å². The zero-order chi connectivity index (χ0) is 12.1. The number of nitrogens with zero attached hydrogens (tertiary/aromatic N) is 3. The molecule has 17 heavy (non-hydrogen) atoms. The molecule has 2 heterocycles. The van der Waals surface area contributed by atoms with Gasteiger partial charge in [0.05, 0.1) is 12.7 Å². The Morgan fingerprint density at radius 2 is 2.41 bits per heavy atom. The minimum Gasteiger partial charge on any atom is -0.367 e. The molecule has 0 saturated heterocycles. The van der Waals surface area contributed by atoms with Crippen LogP contribution < -0.4 is 10.7 Å². The number of carbonyl (C=O) groups excluding carboxylic acids is 1. The third-order valence-electron chi connectivity index (χ3n) is 2.17. The molecule has 2 aromatic rings. The van der Waals surface area contributed by atoms with E-state index in [1.165, 1.54) is 18.5 Å². The molecular weight excluding hydrogens is 222 g/mol. The van der Waals surface area contributed by atoms with Gasteiger partial charge in [0.1, 0.15) is 5.56 Å². The number of H-pyrrole nitrogens is 1. The van der Waals surface area contributed by atoms with Gasteiger partial charge < -0.3 is 10.3 Å². The Morgan fingerprint density at radius 1 is 1.53 bits per heavy atom. The van der Waals surface area contributed by atoms with E-state index in [0.29, 0.717) is 13.1 Å². The van der Waals surface area contributed by atoms with Gasteiger partial charge in [0, 0.05) is 31.2 Å². The Morgan fingerprint density at radius 3 is 3.12 bits per heavy atom. The topological polar surface area (TPSA) is 92.7 Å². The molecule has 0 unspecified atom stereocenters. The second kappa shape index (κ2) is 5.06. The van der Waals surface area contributed by atoms with E-state index in [1.54, 1.807) is 17.1 Å². The lowest BCUT2D eigenvalue weighted by molar-refractivity contribution is 0.0950. The van der Waals surface area contributed by atoms with Crippen LogP contribution >= 0.6 is 0 Å². The predicted octanol–water partition coefficient (Wildman–Crippen LogP) is -0.604. The Hall–Kier alpha value is -2.44. The summed E-state index contributed by atoms with van der Waals surface area (Å²) in [6.45, 7) is 0.896. The number of hydrogen-bond acceptors (Lipinski definition) is 4. The highest BCUT2D eigenvalue weighted by atomic mass is 16.2. The first kappa shape index (κ1) is 11.1. The molecule has 0 atom stereocenters. The van der Waals surface area contributed by atoms with Crippen molar-refractivity contribution in [3.63, 3.8) is 0 Å². The van der Waals surface area contributed by atoms with Crippen molar-refractivity contribution in [2.75, 3.05) is 6.54 Å². The number of aromatic nitrogens is 4. The van der Waals surface area contributed by atoms with Crippen LogP contribution in [0.5, 0.6) is 0 Å². The summed E-state index contributed by atoms with van der Waals surface area (Å²) in [4.78, 5) is 25.7. The molecule has 2 rings (SSSR count). The molecule has 0 aliphatic rings. The fourth-order valence-electron chi connectivity index (χ4n) is 1.32. The molecule has 1 amide bonds. The van der Waals surface area contributed by atoms with Gasteiger partial charge >= 0.3 is 0 Å². The van der Waals surface area contributed by atoms with Gasteiger partial charge in [0.2, 0.25) is 0 Å². The molecule has 88 valence electrons. The minimum atomic E-state index is -0.396. The molecule has 0 spiro atoms. The first-order valence-electron chi connectivity index (χ1n) is 5.07. The summed E-state index contributed by atoms with van der Waals surface area (Å²) in [7, 11) is 0. The molecule has 0 fully saturated rings. The first-order chi connectivity index (χ1) is 8.27. The van der Waals surface area contributed by atoms with E-state index in [-0.39, 0.29) is 11.0 Å². The SMILES string of the molecule is O=C(NCCn1ccnn1)c1c[nH]ccc1=O. The van der Waals surface area contributed by atoms with Crippen molar-refractivity contribution in [1.82, 2.24) is 25.3 Å². The predicted molar refractivity (Wildman–Crippen MR) is 59.4 cm³/mol. The van der Waals surface area contributed by atoms with Crippen LogP contribution in [0.25, 0.3) is 0 Å². The Kier molecular flexibility index (Phi) is 3.29. The molecule has 0 aliphatic heterocycles. The van der Waals surface area contributed by atoms with Crippen molar-refractivity contribution < 1.29 is 4.79 Å². The third kappa shape index (κ3) is 2.77. The van der Waals surface area contributed by atoms with Gasteiger partial charge in [-0.3, -0.25) is 14.3 Å². The number of hydrogen-bond donors (Lipinski definition) is 2. The monoisotopic (exact) mass is 233 g/mol. The quantitative estimate of drug-likeness (QED) is 0.737. The molecule has 0 aromatic carbocycles. The summed E-state index contributed by atoms with van der Waals surface area (Å²) in [5.41, 5.74) is -0.201. The summed E-state index contributed by atoms with van der Waals surface area (Å²) < 4.78 is 1.59. The van der Waals surface area contributed by atoms with Gasteiger partial charge in [-0.05, 0) is 0 Å². The average Bonchev–Trinajstić information content (AvgIpc) is 2.82. The summed E-state index contributed by atoms with van der Waals surface area (Å²) in [6, 6.07) is 1.31. The van der Waals surface area contributed by atoms with E-state index in [2.05, 4.69) is 20.6 Å². The van der Waals surface area contributed by atoms with Crippen LogP contribution in [-0.4, -0.2) is 32.4 Å². The van der Waals surface area contributed by atoms with Crippen molar-refractivity contribution in [2.45, 2.75) is 6.54 Å². The number of carbonyl (C=O) groups is 1. The van der Waals surface area contributed by atoms with Crippen LogP contribution in [0.3, 0.4) is 0 Å². The maximum absolute atomic E-state index is 11.6. The average molecular weight is 233 g/mol. The van der Waals surface area contributed by atoms with Gasteiger partial charge in [0.25, 0.3) is 5.91 Å². The van der Waals surface area contributed by atoms with Crippen molar-refractivity contribution >= 4 is 5.91 Å². The lowest BCUT2D eigenvalue weighted by Crippen LogP contribution is -2.31. The van der Waals surface area contributed by atoms with Crippen LogP contribution in [0.15, 0.2) is 35.6 Å². The number of rotatable bonds is 4. The Labute approximate surface area is 96.5 Å². The highest BCUT2D eigenvalue weighted by Gasteiger charge is 2.08. The summed E-state index contributed by atoms with van der Waals surface area (Å²) in [6.07, 6.45) is 6.12. The fourth-order valence-corrected chi connectivity index (χ4v) is 1.32. The van der Waals surface area contributed by atoms with Crippen molar-refractivity contribution in [2.24, 2.45) is 0 Å². The summed E-state index contributed by atoms with van der Waals surface area (Å²) in [5.74, 6) is -0.396. The van der Waals surface area contributed by atoms with Gasteiger partial charge in [-0.25, -0.2) is 0 Å².